The zero-order chi connectivity index (χ0) is 6.53. The summed E-state index contributed by atoms with van der Waals surface area (Å²) >= 11 is 0. The Morgan fingerprint density at radius 3 is 3.00 bits per heavy atom. The lowest BCUT2D eigenvalue weighted by atomic mass is 9.98. The molecule has 0 saturated heterocycles. The van der Waals surface area contributed by atoms with Crippen LogP contribution >= 0.6 is 0 Å². The fraction of sp³-hybridized carbons (Fsp3) is 0.778. The maximum Gasteiger partial charge on any atom is -0.0262 e. The van der Waals surface area contributed by atoms with Crippen LogP contribution in [0, 0.1) is 5.92 Å². The van der Waals surface area contributed by atoms with Crippen molar-refractivity contribution in [3.63, 3.8) is 0 Å². The van der Waals surface area contributed by atoms with Crippen LogP contribution in [0.2, 0.25) is 0 Å². The van der Waals surface area contributed by atoms with Crippen LogP contribution < -0.4 is 0 Å². The molecule has 0 nitrogen and oxygen atoms in total. The Hall–Kier alpha value is -0.260. The van der Waals surface area contributed by atoms with Crippen LogP contribution in [0.4, 0.5) is 0 Å². The molecule has 0 aromatic heterocycles. The first kappa shape index (κ1) is 6.85. The van der Waals surface area contributed by atoms with Gasteiger partial charge in [0.1, 0.15) is 0 Å². The molecule has 9 heavy (non-hydrogen) atoms. The molecule has 0 heteroatoms. The van der Waals surface area contributed by atoms with E-state index in [2.05, 4.69) is 19.1 Å². The highest BCUT2D eigenvalue weighted by Crippen LogP contribution is 2.15. The summed E-state index contributed by atoms with van der Waals surface area (Å²) in [5, 5.41) is 0. The second kappa shape index (κ2) is 3.71. The monoisotopic (exact) mass is 124 g/mol. The molecule has 1 rings (SSSR count). The quantitative estimate of drug-likeness (QED) is 0.435. The molecule has 0 heterocycles. The molecule has 0 aromatic rings. The predicted molar refractivity (Wildman–Crippen MR) is 41.4 cm³/mol. The number of allylic oxidation sites excluding steroid dienone is 2. The maximum absolute atomic E-state index is 2.36. The molecule has 0 fully saturated rings. The van der Waals surface area contributed by atoms with Crippen molar-refractivity contribution < 1.29 is 0 Å². The van der Waals surface area contributed by atoms with Crippen molar-refractivity contribution in [3.8, 4) is 0 Å². The Morgan fingerprint density at radius 1 is 1.22 bits per heavy atom. The van der Waals surface area contributed by atoms with Crippen LogP contribution in [-0.2, 0) is 0 Å². The Balaban J connectivity index is 2.30. The van der Waals surface area contributed by atoms with Gasteiger partial charge < -0.3 is 0 Å². The van der Waals surface area contributed by atoms with Gasteiger partial charge in [-0.25, -0.2) is 0 Å². The van der Waals surface area contributed by atoms with Crippen LogP contribution in [0.3, 0.4) is 0 Å². The van der Waals surface area contributed by atoms with E-state index in [-0.39, 0.29) is 0 Å². The molecule has 0 saturated carbocycles. The summed E-state index contributed by atoms with van der Waals surface area (Å²) in [6, 6.07) is 0. The van der Waals surface area contributed by atoms with Gasteiger partial charge in [0.2, 0.25) is 0 Å². The number of rotatable bonds is 0. The third-order valence-corrected chi connectivity index (χ3v) is 1.99. The molecule has 1 atom stereocenters. The van der Waals surface area contributed by atoms with Crippen LogP contribution in [0.5, 0.6) is 0 Å². The van der Waals surface area contributed by atoms with Crippen LogP contribution in [0.25, 0.3) is 0 Å². The van der Waals surface area contributed by atoms with Crippen LogP contribution in [0.15, 0.2) is 12.2 Å². The van der Waals surface area contributed by atoms with E-state index < -0.39 is 0 Å². The SMILES string of the molecule is CC1/C=C\CCCCC1. The van der Waals surface area contributed by atoms with Gasteiger partial charge >= 0.3 is 0 Å². The second-order valence-electron chi connectivity index (χ2n) is 3.04. The summed E-state index contributed by atoms with van der Waals surface area (Å²) in [5.74, 6) is 0.838. The summed E-state index contributed by atoms with van der Waals surface area (Å²) < 4.78 is 0. The van der Waals surface area contributed by atoms with E-state index in [1.54, 1.807) is 0 Å². The van der Waals surface area contributed by atoms with E-state index >= 15 is 0 Å². The highest BCUT2D eigenvalue weighted by molar-refractivity contribution is 4.87. The zero-order valence-corrected chi connectivity index (χ0v) is 6.27. The molecule has 1 aliphatic carbocycles. The number of hydrogen-bond donors (Lipinski definition) is 0. The average Bonchev–Trinajstić information content (AvgIpc) is 1.79. The first-order chi connectivity index (χ1) is 4.39. The smallest absolute Gasteiger partial charge is 0.0262 e. The number of hydrogen-bond acceptors (Lipinski definition) is 0. The summed E-state index contributed by atoms with van der Waals surface area (Å²) in [5.41, 5.74) is 0. The first-order valence-electron chi connectivity index (χ1n) is 4.06. The Kier molecular flexibility index (Phi) is 2.82. The molecule has 52 valence electrons. The molecule has 0 N–H and O–H groups in total. The molecule has 0 aromatic carbocycles. The minimum Gasteiger partial charge on any atom is -0.0883 e. The van der Waals surface area contributed by atoms with Crippen molar-refractivity contribution in [1.82, 2.24) is 0 Å². The van der Waals surface area contributed by atoms with Gasteiger partial charge in [-0.2, -0.15) is 0 Å². The van der Waals surface area contributed by atoms with Gasteiger partial charge in [-0.3, -0.25) is 0 Å². The average molecular weight is 124 g/mol. The van der Waals surface area contributed by atoms with E-state index in [1.165, 1.54) is 32.1 Å². The van der Waals surface area contributed by atoms with Crippen LogP contribution in [0.1, 0.15) is 39.0 Å². The largest absolute Gasteiger partial charge is 0.0883 e. The van der Waals surface area contributed by atoms with Crippen LogP contribution in [-0.4, -0.2) is 0 Å². The molecular formula is C9H16. The lowest BCUT2D eigenvalue weighted by molar-refractivity contribution is 0.552. The highest BCUT2D eigenvalue weighted by atomic mass is 14.0. The van der Waals surface area contributed by atoms with Gasteiger partial charge in [0.15, 0.2) is 0 Å². The third-order valence-electron chi connectivity index (χ3n) is 1.99. The molecule has 0 bridgehead atoms. The Morgan fingerprint density at radius 2 is 2.11 bits per heavy atom. The second-order valence-corrected chi connectivity index (χ2v) is 3.04. The van der Waals surface area contributed by atoms with E-state index in [4.69, 9.17) is 0 Å². The molecule has 0 amide bonds. The minimum absolute atomic E-state index is 0.838. The lowest BCUT2D eigenvalue weighted by Gasteiger charge is -2.08. The normalized spacial score (nSPS) is 32.8. The molecule has 1 aliphatic rings. The highest BCUT2D eigenvalue weighted by Gasteiger charge is 1.98. The minimum atomic E-state index is 0.838. The van der Waals surface area contributed by atoms with Gasteiger partial charge in [0.05, 0.1) is 0 Å². The zero-order valence-electron chi connectivity index (χ0n) is 6.27. The van der Waals surface area contributed by atoms with Gasteiger partial charge in [0, 0.05) is 0 Å². The molecule has 1 unspecified atom stereocenters. The fourth-order valence-corrected chi connectivity index (χ4v) is 1.33. The summed E-state index contributed by atoms with van der Waals surface area (Å²) in [4.78, 5) is 0. The van der Waals surface area contributed by atoms with Crippen molar-refractivity contribution in [2.75, 3.05) is 0 Å². The van der Waals surface area contributed by atoms with Crippen molar-refractivity contribution >= 4 is 0 Å². The van der Waals surface area contributed by atoms with Gasteiger partial charge in [-0.1, -0.05) is 31.9 Å². The standard InChI is InChI=1S/C9H16/c1-9-7-5-3-2-4-6-8-9/h5,7,9H,2-4,6,8H2,1H3/b7-5-. The lowest BCUT2D eigenvalue weighted by Crippen LogP contribution is -1.92. The van der Waals surface area contributed by atoms with Gasteiger partial charge in [-0.15, -0.1) is 0 Å². The molecule has 0 aliphatic heterocycles. The van der Waals surface area contributed by atoms with Gasteiger partial charge in [-0.05, 0) is 25.2 Å². The Bertz CT molecular complexity index is 92.2. The van der Waals surface area contributed by atoms with E-state index in [9.17, 15) is 0 Å². The summed E-state index contributed by atoms with van der Waals surface area (Å²) in [6.45, 7) is 2.31. The van der Waals surface area contributed by atoms with Crippen molar-refractivity contribution in [2.24, 2.45) is 5.92 Å². The predicted octanol–water partition coefficient (Wildman–Crippen LogP) is 3.14. The van der Waals surface area contributed by atoms with Gasteiger partial charge in [0.25, 0.3) is 0 Å². The molecular weight excluding hydrogens is 108 g/mol. The first-order valence-corrected chi connectivity index (χ1v) is 4.06. The van der Waals surface area contributed by atoms with E-state index in [0.717, 1.165) is 5.92 Å². The summed E-state index contributed by atoms with van der Waals surface area (Å²) in [7, 11) is 0. The maximum atomic E-state index is 2.36. The fourth-order valence-electron chi connectivity index (χ4n) is 1.33. The van der Waals surface area contributed by atoms with Crippen molar-refractivity contribution in [3.05, 3.63) is 12.2 Å². The molecule has 0 radical (unpaired) electrons. The van der Waals surface area contributed by atoms with E-state index in [1.807, 2.05) is 0 Å². The van der Waals surface area contributed by atoms with Crippen molar-refractivity contribution in [2.45, 2.75) is 39.0 Å². The van der Waals surface area contributed by atoms with Crippen molar-refractivity contribution in [1.29, 1.82) is 0 Å². The topological polar surface area (TPSA) is 0 Å². The van der Waals surface area contributed by atoms with E-state index in [0.29, 0.717) is 0 Å². The Labute approximate surface area is 58.0 Å². The summed E-state index contributed by atoms with van der Waals surface area (Å²) in [6.07, 6.45) is 11.7. The molecule has 0 spiro atoms. The third kappa shape index (κ3) is 2.69.